The summed E-state index contributed by atoms with van der Waals surface area (Å²) in [6, 6.07) is 8.44. The van der Waals surface area contributed by atoms with Crippen molar-refractivity contribution in [2.75, 3.05) is 13.2 Å². The highest BCUT2D eigenvalue weighted by Crippen LogP contribution is 2.17. The quantitative estimate of drug-likeness (QED) is 0.777. The van der Waals surface area contributed by atoms with Gasteiger partial charge in [-0.25, -0.2) is 0 Å². The summed E-state index contributed by atoms with van der Waals surface area (Å²) in [4.78, 5) is 7.41. The summed E-state index contributed by atoms with van der Waals surface area (Å²) in [6.45, 7) is 1.33. The van der Waals surface area contributed by atoms with Gasteiger partial charge in [-0.3, -0.25) is 0 Å². The van der Waals surface area contributed by atoms with E-state index in [2.05, 4.69) is 9.97 Å². The molecule has 3 rings (SSSR count). The van der Waals surface area contributed by atoms with Crippen LogP contribution in [0.3, 0.4) is 0 Å². The summed E-state index contributed by atoms with van der Waals surface area (Å²) in [5.74, 6) is 0. The number of hydrogen-bond acceptors (Lipinski definition) is 3. The smallest absolute Gasteiger partial charge is 0.295 e. The number of aromatic amines is 1. The second kappa shape index (κ2) is 2.99. The van der Waals surface area contributed by atoms with Crippen molar-refractivity contribution in [3.63, 3.8) is 0 Å². The minimum Gasteiger partial charge on any atom is -0.457 e. The molecule has 1 saturated heterocycles. The summed E-state index contributed by atoms with van der Waals surface area (Å²) in [5, 5.41) is 0. The number of nitrogens with zero attached hydrogens (tertiary/aromatic N) is 1. The van der Waals surface area contributed by atoms with Crippen LogP contribution in [0.1, 0.15) is 0 Å². The number of nitrogens with one attached hydrogen (secondary N) is 1. The van der Waals surface area contributed by atoms with Crippen LogP contribution in [-0.4, -0.2) is 29.3 Å². The molecule has 0 amide bonds. The number of para-hydroxylation sites is 2. The van der Waals surface area contributed by atoms with Crippen molar-refractivity contribution in [3.05, 3.63) is 24.3 Å². The molecule has 14 heavy (non-hydrogen) atoms. The number of benzene rings is 1. The van der Waals surface area contributed by atoms with Crippen molar-refractivity contribution in [3.8, 4) is 6.01 Å². The zero-order valence-corrected chi connectivity index (χ0v) is 7.56. The van der Waals surface area contributed by atoms with Gasteiger partial charge in [0.1, 0.15) is 6.10 Å². The molecule has 0 atom stereocenters. The van der Waals surface area contributed by atoms with E-state index in [1.807, 2.05) is 24.3 Å². The average molecular weight is 190 g/mol. The Morgan fingerprint density at radius 2 is 2.21 bits per heavy atom. The standard InChI is InChI=1S/C10H10N2O2/c1-2-4-9-8(3-1)11-10(12-9)14-7-5-13-6-7/h1-4,7H,5-6H2,(H,11,12). The zero-order chi connectivity index (χ0) is 9.38. The van der Waals surface area contributed by atoms with E-state index in [-0.39, 0.29) is 6.10 Å². The Hall–Kier alpha value is -1.55. The van der Waals surface area contributed by atoms with Crippen LogP contribution in [0.25, 0.3) is 11.0 Å². The molecule has 1 fully saturated rings. The molecule has 0 radical (unpaired) electrons. The lowest BCUT2D eigenvalue weighted by Crippen LogP contribution is -2.38. The van der Waals surface area contributed by atoms with Gasteiger partial charge in [0.25, 0.3) is 6.01 Å². The summed E-state index contributed by atoms with van der Waals surface area (Å²) >= 11 is 0. The van der Waals surface area contributed by atoms with Crippen molar-refractivity contribution in [2.45, 2.75) is 6.10 Å². The molecule has 0 unspecified atom stereocenters. The number of imidazole rings is 1. The van der Waals surface area contributed by atoms with E-state index in [4.69, 9.17) is 9.47 Å². The fourth-order valence-electron chi connectivity index (χ4n) is 1.43. The lowest BCUT2D eigenvalue weighted by molar-refractivity contribution is -0.0827. The minimum atomic E-state index is 0.163. The van der Waals surface area contributed by atoms with Crippen LogP contribution in [0.5, 0.6) is 6.01 Å². The topological polar surface area (TPSA) is 47.1 Å². The fourth-order valence-corrected chi connectivity index (χ4v) is 1.43. The van der Waals surface area contributed by atoms with Crippen LogP contribution in [0.4, 0.5) is 0 Å². The molecule has 4 heteroatoms. The van der Waals surface area contributed by atoms with Gasteiger partial charge in [0.05, 0.1) is 24.2 Å². The van der Waals surface area contributed by atoms with Gasteiger partial charge in [0, 0.05) is 0 Å². The monoisotopic (exact) mass is 190 g/mol. The molecule has 4 nitrogen and oxygen atoms in total. The average Bonchev–Trinajstić information content (AvgIpc) is 2.53. The maximum atomic E-state index is 5.54. The Morgan fingerprint density at radius 3 is 2.93 bits per heavy atom. The van der Waals surface area contributed by atoms with Crippen LogP contribution < -0.4 is 4.74 Å². The summed E-state index contributed by atoms with van der Waals surface area (Å²) in [5.41, 5.74) is 1.94. The largest absolute Gasteiger partial charge is 0.457 e. The van der Waals surface area contributed by atoms with Crippen LogP contribution in [-0.2, 0) is 4.74 Å². The molecule has 72 valence electrons. The lowest BCUT2D eigenvalue weighted by atomic mass is 10.3. The van der Waals surface area contributed by atoms with Crippen molar-refractivity contribution >= 4 is 11.0 Å². The van der Waals surface area contributed by atoms with Crippen LogP contribution in [0.2, 0.25) is 0 Å². The van der Waals surface area contributed by atoms with Crippen LogP contribution >= 0.6 is 0 Å². The second-order valence-corrected chi connectivity index (χ2v) is 3.34. The van der Waals surface area contributed by atoms with Gasteiger partial charge in [0.15, 0.2) is 0 Å². The summed E-state index contributed by atoms with van der Waals surface area (Å²) in [7, 11) is 0. The summed E-state index contributed by atoms with van der Waals surface area (Å²) < 4.78 is 10.6. The zero-order valence-electron chi connectivity index (χ0n) is 7.56. The Kier molecular flexibility index (Phi) is 1.67. The molecular weight excluding hydrogens is 180 g/mol. The van der Waals surface area contributed by atoms with Crippen molar-refractivity contribution in [1.29, 1.82) is 0 Å². The molecular formula is C10H10N2O2. The first-order valence-electron chi connectivity index (χ1n) is 4.61. The van der Waals surface area contributed by atoms with Crippen LogP contribution in [0, 0.1) is 0 Å². The predicted octanol–water partition coefficient (Wildman–Crippen LogP) is 1.34. The van der Waals surface area contributed by atoms with Gasteiger partial charge in [-0.1, -0.05) is 12.1 Å². The van der Waals surface area contributed by atoms with Gasteiger partial charge < -0.3 is 14.5 Å². The normalized spacial score (nSPS) is 16.9. The van der Waals surface area contributed by atoms with E-state index < -0.39 is 0 Å². The van der Waals surface area contributed by atoms with Gasteiger partial charge in [-0.15, -0.1) is 0 Å². The molecule has 0 bridgehead atoms. The third-order valence-electron chi connectivity index (χ3n) is 2.25. The first-order valence-corrected chi connectivity index (χ1v) is 4.61. The van der Waals surface area contributed by atoms with E-state index in [0.29, 0.717) is 19.2 Å². The van der Waals surface area contributed by atoms with E-state index >= 15 is 0 Å². The molecule has 0 aliphatic carbocycles. The van der Waals surface area contributed by atoms with Crippen molar-refractivity contribution in [1.82, 2.24) is 9.97 Å². The molecule has 1 aliphatic heterocycles. The Labute approximate surface area is 80.9 Å². The van der Waals surface area contributed by atoms with Crippen molar-refractivity contribution in [2.24, 2.45) is 0 Å². The molecule has 2 aromatic rings. The highest BCUT2D eigenvalue weighted by molar-refractivity contribution is 5.75. The maximum Gasteiger partial charge on any atom is 0.295 e. The number of H-pyrrole nitrogens is 1. The van der Waals surface area contributed by atoms with E-state index in [1.165, 1.54) is 0 Å². The molecule has 1 aromatic heterocycles. The molecule has 0 spiro atoms. The van der Waals surface area contributed by atoms with E-state index in [0.717, 1.165) is 11.0 Å². The minimum absolute atomic E-state index is 0.163. The number of ether oxygens (including phenoxy) is 2. The van der Waals surface area contributed by atoms with Gasteiger partial charge >= 0.3 is 0 Å². The maximum absolute atomic E-state index is 5.54. The van der Waals surface area contributed by atoms with Gasteiger partial charge in [0.2, 0.25) is 0 Å². The fraction of sp³-hybridized carbons (Fsp3) is 0.300. The number of rotatable bonds is 2. The Morgan fingerprint density at radius 1 is 1.36 bits per heavy atom. The van der Waals surface area contributed by atoms with Gasteiger partial charge in [-0.2, -0.15) is 4.98 Å². The number of hydrogen-bond donors (Lipinski definition) is 1. The second-order valence-electron chi connectivity index (χ2n) is 3.34. The SMILES string of the molecule is c1ccc2[nH]c(OC3COC3)nc2c1. The third kappa shape index (κ3) is 1.24. The molecule has 1 aliphatic rings. The number of fused-ring (bicyclic) bond motifs is 1. The Balaban J connectivity index is 1.89. The molecule has 1 aromatic carbocycles. The molecule has 1 N–H and O–H groups in total. The third-order valence-corrected chi connectivity index (χ3v) is 2.25. The van der Waals surface area contributed by atoms with Crippen LogP contribution in [0.15, 0.2) is 24.3 Å². The number of aromatic nitrogens is 2. The summed E-state index contributed by atoms with van der Waals surface area (Å²) in [6.07, 6.45) is 0.163. The lowest BCUT2D eigenvalue weighted by Gasteiger charge is -2.25. The first-order chi connectivity index (χ1) is 6.92. The highest BCUT2D eigenvalue weighted by Gasteiger charge is 2.21. The van der Waals surface area contributed by atoms with Gasteiger partial charge in [-0.05, 0) is 12.1 Å². The molecule has 0 saturated carbocycles. The van der Waals surface area contributed by atoms with E-state index in [1.54, 1.807) is 0 Å². The first kappa shape index (κ1) is 7.82. The highest BCUT2D eigenvalue weighted by atomic mass is 16.6. The Bertz CT molecular complexity index is 415. The molecule has 2 heterocycles. The van der Waals surface area contributed by atoms with Crippen molar-refractivity contribution < 1.29 is 9.47 Å². The predicted molar refractivity (Wildman–Crippen MR) is 51.3 cm³/mol. The van der Waals surface area contributed by atoms with E-state index in [9.17, 15) is 0 Å².